The van der Waals surface area contributed by atoms with Crippen LogP contribution in [0.15, 0.2) is 48.5 Å². The first-order chi connectivity index (χ1) is 14.1. The van der Waals surface area contributed by atoms with Crippen LogP contribution >= 0.6 is 0 Å². The van der Waals surface area contributed by atoms with Gasteiger partial charge in [0.05, 0.1) is 12.1 Å². The minimum atomic E-state index is -0.595. The summed E-state index contributed by atoms with van der Waals surface area (Å²) in [5, 5.41) is 8.98. The highest BCUT2D eigenvalue weighted by atomic mass is 16.2. The number of hydrogen-bond donors (Lipinski definition) is 3. The van der Waals surface area contributed by atoms with Crippen LogP contribution in [0.5, 0.6) is 0 Å². The number of nitrogens with one attached hydrogen (secondary N) is 3. The Hall–Kier alpha value is -2.82. The molecule has 2 aliphatic rings. The molecule has 2 aromatic carbocycles. The van der Waals surface area contributed by atoms with Crippen molar-refractivity contribution in [2.24, 2.45) is 0 Å². The predicted octanol–water partition coefficient (Wildman–Crippen LogP) is 3.95. The summed E-state index contributed by atoms with van der Waals surface area (Å²) in [7, 11) is 0. The molecule has 4 rings (SSSR count). The van der Waals surface area contributed by atoms with Gasteiger partial charge in [0.25, 0.3) is 0 Å². The average Bonchev–Trinajstić information content (AvgIpc) is 2.74. The molecule has 2 aromatic rings. The largest absolute Gasteiger partial charge is 0.348 e. The number of fused-ring (bicyclic) bond motifs is 2. The summed E-state index contributed by atoms with van der Waals surface area (Å²) in [5.74, 6) is -0.147. The topological polar surface area (TPSA) is 70.2 Å². The maximum absolute atomic E-state index is 12.7. The molecule has 0 saturated heterocycles. The Morgan fingerprint density at radius 2 is 1.34 bits per heavy atom. The number of hydrogen-bond acceptors (Lipinski definition) is 2. The van der Waals surface area contributed by atoms with Crippen molar-refractivity contribution in [3.05, 3.63) is 70.8 Å². The number of benzene rings is 2. The summed E-state index contributed by atoms with van der Waals surface area (Å²) < 4.78 is 0. The zero-order valence-electron chi connectivity index (χ0n) is 16.9. The lowest BCUT2D eigenvalue weighted by molar-refractivity contribution is -0.123. The van der Waals surface area contributed by atoms with Crippen molar-refractivity contribution in [1.29, 1.82) is 0 Å². The fraction of sp³-hybridized carbons (Fsp3) is 0.417. The Morgan fingerprint density at radius 1 is 0.828 bits per heavy atom. The van der Waals surface area contributed by atoms with E-state index in [9.17, 15) is 9.59 Å². The van der Waals surface area contributed by atoms with Gasteiger partial charge in [-0.3, -0.25) is 4.79 Å². The molecule has 0 heterocycles. The van der Waals surface area contributed by atoms with Crippen molar-refractivity contribution in [1.82, 2.24) is 16.0 Å². The molecule has 3 atom stereocenters. The molecule has 0 bridgehead atoms. The highest BCUT2D eigenvalue weighted by Gasteiger charge is 2.26. The van der Waals surface area contributed by atoms with Gasteiger partial charge in [0, 0.05) is 0 Å². The van der Waals surface area contributed by atoms with Gasteiger partial charge in [0.2, 0.25) is 5.91 Å². The van der Waals surface area contributed by atoms with Gasteiger partial charge in [-0.05, 0) is 67.7 Å². The lowest BCUT2D eigenvalue weighted by Gasteiger charge is -2.29. The second-order valence-corrected chi connectivity index (χ2v) is 8.14. The van der Waals surface area contributed by atoms with E-state index in [1.54, 1.807) is 6.92 Å². The van der Waals surface area contributed by atoms with Crippen LogP contribution in [0, 0.1) is 0 Å². The Morgan fingerprint density at radius 3 is 1.93 bits per heavy atom. The third kappa shape index (κ3) is 4.44. The molecule has 0 fully saturated rings. The van der Waals surface area contributed by atoms with Crippen molar-refractivity contribution in [2.75, 3.05) is 0 Å². The maximum atomic E-state index is 12.7. The molecule has 3 N–H and O–H groups in total. The summed E-state index contributed by atoms with van der Waals surface area (Å²) in [6.07, 6.45) is 6.08. The van der Waals surface area contributed by atoms with E-state index < -0.39 is 6.04 Å². The summed E-state index contributed by atoms with van der Waals surface area (Å²) in [6.45, 7) is 1.73. The Bertz CT molecular complexity index is 895. The third-order valence-corrected chi connectivity index (χ3v) is 6.10. The second kappa shape index (κ2) is 8.68. The normalized spacial score (nSPS) is 21.3. The summed E-state index contributed by atoms with van der Waals surface area (Å²) in [4.78, 5) is 25.2. The summed E-state index contributed by atoms with van der Waals surface area (Å²) in [6, 6.07) is 15.7. The van der Waals surface area contributed by atoms with Crippen molar-refractivity contribution in [3.8, 4) is 0 Å². The second-order valence-electron chi connectivity index (χ2n) is 8.14. The number of rotatable bonds is 4. The van der Waals surface area contributed by atoms with Crippen LogP contribution in [0.4, 0.5) is 4.79 Å². The number of carbonyl (C=O) groups excluding carboxylic acids is 2. The molecule has 5 nitrogen and oxygen atoms in total. The molecule has 29 heavy (non-hydrogen) atoms. The van der Waals surface area contributed by atoms with E-state index in [0.717, 1.165) is 38.5 Å². The Balaban J connectivity index is 1.33. The fourth-order valence-corrected chi connectivity index (χ4v) is 4.57. The van der Waals surface area contributed by atoms with Crippen molar-refractivity contribution in [3.63, 3.8) is 0 Å². The number of urea groups is 1. The lowest BCUT2D eigenvalue weighted by atomic mass is 9.87. The van der Waals surface area contributed by atoms with Gasteiger partial charge in [-0.15, -0.1) is 0 Å². The average molecular weight is 392 g/mol. The molecule has 0 unspecified atom stereocenters. The standard InChI is InChI=1S/C24H29N3O2/c1-16(23(28)26-21-14-6-10-17-8-2-4-12-19(17)21)25-24(29)27-22-15-7-11-18-9-3-5-13-20(18)22/h2-5,8-9,12-13,16,21-22H,6-7,10-11,14-15H2,1H3,(H,26,28)(H2,25,27,29)/t16-,21+,22+/m0/s1. The van der Waals surface area contributed by atoms with E-state index in [1.807, 2.05) is 24.3 Å². The van der Waals surface area contributed by atoms with Crippen molar-refractivity contribution >= 4 is 11.9 Å². The van der Waals surface area contributed by atoms with Gasteiger partial charge in [0.1, 0.15) is 6.04 Å². The molecule has 0 aliphatic heterocycles. The molecular formula is C24H29N3O2. The van der Waals surface area contributed by atoms with E-state index in [0.29, 0.717) is 0 Å². The third-order valence-electron chi connectivity index (χ3n) is 6.10. The first-order valence-electron chi connectivity index (χ1n) is 10.6. The van der Waals surface area contributed by atoms with Gasteiger partial charge in [-0.25, -0.2) is 4.79 Å². The minimum Gasteiger partial charge on any atom is -0.348 e. The molecule has 5 heteroatoms. The van der Waals surface area contributed by atoms with Gasteiger partial charge >= 0.3 is 6.03 Å². The maximum Gasteiger partial charge on any atom is 0.315 e. The zero-order chi connectivity index (χ0) is 20.2. The molecule has 0 aromatic heterocycles. The van der Waals surface area contributed by atoms with Crippen LogP contribution in [-0.4, -0.2) is 18.0 Å². The van der Waals surface area contributed by atoms with Gasteiger partial charge in [-0.1, -0.05) is 48.5 Å². The van der Waals surface area contributed by atoms with E-state index >= 15 is 0 Å². The molecule has 152 valence electrons. The Labute approximate surface area is 172 Å². The summed E-state index contributed by atoms with van der Waals surface area (Å²) >= 11 is 0. The minimum absolute atomic E-state index is 0.000401. The van der Waals surface area contributed by atoms with Crippen molar-refractivity contribution < 1.29 is 9.59 Å². The highest BCUT2D eigenvalue weighted by Crippen LogP contribution is 2.30. The van der Waals surface area contributed by atoms with Gasteiger partial charge in [0.15, 0.2) is 0 Å². The number of aryl methyl sites for hydroxylation is 2. The molecule has 0 saturated carbocycles. The van der Waals surface area contributed by atoms with Crippen LogP contribution < -0.4 is 16.0 Å². The highest BCUT2D eigenvalue weighted by molar-refractivity contribution is 5.87. The van der Waals surface area contributed by atoms with Crippen LogP contribution in [0.3, 0.4) is 0 Å². The van der Waals surface area contributed by atoms with Crippen LogP contribution in [0.2, 0.25) is 0 Å². The monoisotopic (exact) mass is 391 g/mol. The van der Waals surface area contributed by atoms with E-state index in [-0.39, 0.29) is 24.0 Å². The van der Waals surface area contributed by atoms with Crippen LogP contribution in [-0.2, 0) is 17.6 Å². The van der Waals surface area contributed by atoms with Crippen molar-refractivity contribution in [2.45, 2.75) is 63.6 Å². The van der Waals surface area contributed by atoms with Crippen LogP contribution in [0.1, 0.15) is 66.9 Å². The quantitative estimate of drug-likeness (QED) is 0.739. The number of carbonyl (C=O) groups is 2. The molecular weight excluding hydrogens is 362 g/mol. The molecule has 2 aliphatic carbocycles. The van der Waals surface area contributed by atoms with E-state index in [2.05, 4.69) is 40.2 Å². The first kappa shape index (κ1) is 19.5. The molecule has 3 amide bonds. The first-order valence-corrected chi connectivity index (χ1v) is 10.6. The number of amides is 3. The van der Waals surface area contributed by atoms with Gasteiger partial charge in [-0.2, -0.15) is 0 Å². The molecule has 0 radical (unpaired) electrons. The lowest BCUT2D eigenvalue weighted by Crippen LogP contribution is -2.50. The SMILES string of the molecule is C[C@H](NC(=O)N[C@@H]1CCCc2ccccc21)C(=O)N[C@@H]1CCCc2ccccc21. The predicted molar refractivity (Wildman–Crippen MR) is 114 cm³/mol. The zero-order valence-corrected chi connectivity index (χ0v) is 16.9. The van der Waals surface area contributed by atoms with Gasteiger partial charge < -0.3 is 16.0 Å². The Kier molecular flexibility index (Phi) is 5.84. The fourth-order valence-electron chi connectivity index (χ4n) is 4.57. The summed E-state index contributed by atoms with van der Waals surface area (Å²) in [5.41, 5.74) is 4.98. The smallest absolute Gasteiger partial charge is 0.315 e. The van der Waals surface area contributed by atoms with E-state index in [4.69, 9.17) is 0 Å². The van der Waals surface area contributed by atoms with Crippen LogP contribution in [0.25, 0.3) is 0 Å². The van der Waals surface area contributed by atoms with E-state index in [1.165, 1.54) is 22.3 Å². The molecule has 0 spiro atoms.